The largest absolute Gasteiger partial charge is 0.244 e. The molecular weight excluding hydrogens is 308 g/mol. The lowest BCUT2D eigenvalue weighted by Crippen LogP contribution is -2.28. The molecule has 1 aromatic rings. The summed E-state index contributed by atoms with van der Waals surface area (Å²) in [6, 6.07) is 1.99. The summed E-state index contributed by atoms with van der Waals surface area (Å²) in [5, 5.41) is 2.72. The standard InChI is InChI=1S/C11H9ClIN/c1-11(13)5-2-3-9-8(7-11)4-6-14-10(9)12/h2-7H,1H3. The SMILES string of the molecule is CC1(I)C=CC=c2c(Cl)nccc2=C1. The van der Waals surface area contributed by atoms with Gasteiger partial charge in [0, 0.05) is 11.4 Å². The van der Waals surface area contributed by atoms with Crippen LogP contribution in [0.1, 0.15) is 6.92 Å². The smallest absolute Gasteiger partial charge is 0.136 e. The first-order chi connectivity index (χ1) is 6.58. The Morgan fingerprint density at radius 2 is 2.29 bits per heavy atom. The van der Waals surface area contributed by atoms with Gasteiger partial charge in [0.05, 0.1) is 3.42 Å². The van der Waals surface area contributed by atoms with Crippen molar-refractivity contribution in [3.63, 3.8) is 0 Å². The fourth-order valence-corrected chi connectivity index (χ4v) is 2.21. The monoisotopic (exact) mass is 317 g/mol. The molecule has 0 saturated heterocycles. The van der Waals surface area contributed by atoms with E-state index in [1.165, 1.54) is 0 Å². The van der Waals surface area contributed by atoms with Crippen LogP contribution in [0.3, 0.4) is 0 Å². The molecule has 0 bridgehead atoms. The Morgan fingerprint density at radius 1 is 1.50 bits per heavy atom. The fourth-order valence-electron chi connectivity index (χ4n) is 1.44. The van der Waals surface area contributed by atoms with Crippen molar-refractivity contribution in [2.45, 2.75) is 10.3 Å². The van der Waals surface area contributed by atoms with Crippen molar-refractivity contribution < 1.29 is 0 Å². The van der Waals surface area contributed by atoms with Gasteiger partial charge in [-0.2, -0.15) is 0 Å². The normalized spacial score (nSPS) is 24.5. The summed E-state index contributed by atoms with van der Waals surface area (Å²) in [7, 11) is 0. The first kappa shape index (κ1) is 10.2. The lowest BCUT2D eigenvalue weighted by molar-refractivity contribution is 1.11. The third-order valence-electron chi connectivity index (χ3n) is 2.10. The summed E-state index contributed by atoms with van der Waals surface area (Å²) in [6.45, 7) is 2.15. The maximum atomic E-state index is 6.01. The zero-order valence-electron chi connectivity index (χ0n) is 7.67. The summed E-state index contributed by atoms with van der Waals surface area (Å²) in [5.41, 5.74) is 0. The Hall–Kier alpha value is -0.350. The molecule has 14 heavy (non-hydrogen) atoms. The molecule has 0 aromatic carbocycles. The number of hydrogen-bond donors (Lipinski definition) is 0. The van der Waals surface area contributed by atoms with Gasteiger partial charge in [-0.05, 0) is 18.2 Å². The number of fused-ring (bicyclic) bond motifs is 1. The Labute approximate surface area is 101 Å². The summed E-state index contributed by atoms with van der Waals surface area (Å²) < 4.78 is 0.0458. The zero-order valence-corrected chi connectivity index (χ0v) is 10.6. The molecule has 1 nitrogen and oxygen atoms in total. The van der Waals surface area contributed by atoms with Crippen molar-refractivity contribution in [3.8, 4) is 0 Å². The molecule has 1 aliphatic carbocycles. The van der Waals surface area contributed by atoms with Gasteiger partial charge in [0.2, 0.25) is 0 Å². The van der Waals surface area contributed by atoms with Crippen LogP contribution in [0.2, 0.25) is 5.15 Å². The lowest BCUT2D eigenvalue weighted by Gasteiger charge is -2.10. The van der Waals surface area contributed by atoms with Crippen molar-refractivity contribution in [3.05, 3.63) is 40.0 Å². The summed E-state index contributed by atoms with van der Waals surface area (Å²) >= 11 is 8.41. The van der Waals surface area contributed by atoms with Crippen LogP contribution < -0.4 is 10.4 Å². The molecule has 0 amide bonds. The van der Waals surface area contributed by atoms with Gasteiger partial charge in [0.25, 0.3) is 0 Å². The molecule has 3 heteroatoms. The second kappa shape index (κ2) is 3.66. The lowest BCUT2D eigenvalue weighted by atomic mass is 10.1. The van der Waals surface area contributed by atoms with Crippen molar-refractivity contribution in [2.75, 3.05) is 0 Å². The molecule has 0 N–H and O–H groups in total. The number of rotatable bonds is 0. The van der Waals surface area contributed by atoms with Gasteiger partial charge >= 0.3 is 0 Å². The number of halogens is 2. The average Bonchev–Trinajstić information content (AvgIpc) is 2.23. The van der Waals surface area contributed by atoms with E-state index in [1.54, 1.807) is 6.20 Å². The van der Waals surface area contributed by atoms with Crippen molar-refractivity contribution in [1.29, 1.82) is 0 Å². The second-order valence-electron chi connectivity index (χ2n) is 3.43. The minimum absolute atomic E-state index is 0.0458. The van der Waals surface area contributed by atoms with Gasteiger partial charge < -0.3 is 0 Å². The Bertz CT molecular complexity index is 503. The van der Waals surface area contributed by atoms with E-state index in [0.29, 0.717) is 5.15 Å². The molecule has 0 spiro atoms. The molecule has 1 aliphatic rings. The molecule has 1 atom stereocenters. The first-order valence-corrected chi connectivity index (χ1v) is 5.76. The van der Waals surface area contributed by atoms with Crippen LogP contribution >= 0.6 is 34.2 Å². The van der Waals surface area contributed by atoms with Gasteiger partial charge in [-0.25, -0.2) is 4.98 Å². The Morgan fingerprint density at radius 3 is 3.07 bits per heavy atom. The predicted octanol–water partition coefficient (Wildman–Crippen LogP) is 2.06. The molecule has 1 heterocycles. The number of hydrogen-bond acceptors (Lipinski definition) is 1. The summed E-state index contributed by atoms with van der Waals surface area (Å²) in [5.74, 6) is 0. The topological polar surface area (TPSA) is 12.9 Å². The van der Waals surface area contributed by atoms with Gasteiger partial charge in [-0.15, -0.1) is 0 Å². The zero-order chi connectivity index (χ0) is 10.2. The maximum Gasteiger partial charge on any atom is 0.136 e. The van der Waals surface area contributed by atoms with Crippen LogP contribution in [-0.4, -0.2) is 8.41 Å². The minimum Gasteiger partial charge on any atom is -0.244 e. The van der Waals surface area contributed by atoms with Crippen LogP contribution in [0.4, 0.5) is 0 Å². The summed E-state index contributed by atoms with van der Waals surface area (Å²) in [6.07, 6.45) is 10.1. The van der Waals surface area contributed by atoms with Gasteiger partial charge in [-0.3, -0.25) is 0 Å². The van der Waals surface area contributed by atoms with E-state index in [4.69, 9.17) is 11.6 Å². The van der Waals surface area contributed by atoms with Crippen molar-refractivity contribution in [1.82, 2.24) is 4.98 Å². The summed E-state index contributed by atoms with van der Waals surface area (Å²) in [4.78, 5) is 4.06. The predicted molar refractivity (Wildman–Crippen MR) is 69.0 cm³/mol. The van der Waals surface area contributed by atoms with Crippen molar-refractivity contribution >= 4 is 46.3 Å². The first-order valence-electron chi connectivity index (χ1n) is 4.30. The van der Waals surface area contributed by atoms with Crippen LogP contribution in [0.15, 0.2) is 24.4 Å². The minimum atomic E-state index is 0.0458. The second-order valence-corrected chi connectivity index (χ2v) is 6.11. The molecule has 0 aliphatic heterocycles. The number of alkyl halides is 1. The molecule has 0 saturated carbocycles. The quantitative estimate of drug-likeness (QED) is 0.405. The third kappa shape index (κ3) is 2.01. The molecule has 2 rings (SSSR count). The van der Waals surface area contributed by atoms with E-state index >= 15 is 0 Å². The molecule has 1 aromatic heterocycles. The molecule has 1 unspecified atom stereocenters. The molecule has 0 radical (unpaired) electrons. The van der Waals surface area contributed by atoms with E-state index in [1.807, 2.05) is 18.2 Å². The molecular formula is C11H9ClIN. The molecule has 0 fully saturated rings. The number of allylic oxidation sites excluding steroid dienone is 2. The number of nitrogens with zero attached hydrogens (tertiary/aromatic N) is 1. The number of pyridine rings is 1. The van der Waals surface area contributed by atoms with Gasteiger partial charge in [-0.1, -0.05) is 58.5 Å². The highest BCUT2D eigenvalue weighted by atomic mass is 127. The van der Waals surface area contributed by atoms with Crippen LogP contribution in [0.25, 0.3) is 12.2 Å². The van der Waals surface area contributed by atoms with Gasteiger partial charge in [0.1, 0.15) is 5.15 Å². The number of aromatic nitrogens is 1. The highest BCUT2D eigenvalue weighted by molar-refractivity contribution is 14.1. The van der Waals surface area contributed by atoms with E-state index < -0.39 is 0 Å². The molecule has 72 valence electrons. The Kier molecular flexibility index (Phi) is 2.66. The Balaban J connectivity index is 2.83. The maximum absolute atomic E-state index is 6.01. The highest BCUT2D eigenvalue weighted by Crippen LogP contribution is 2.22. The van der Waals surface area contributed by atoms with Crippen LogP contribution in [0, 0.1) is 0 Å². The van der Waals surface area contributed by atoms with E-state index in [2.05, 4.69) is 46.7 Å². The van der Waals surface area contributed by atoms with Crippen LogP contribution in [-0.2, 0) is 0 Å². The van der Waals surface area contributed by atoms with E-state index in [9.17, 15) is 0 Å². The van der Waals surface area contributed by atoms with E-state index in [-0.39, 0.29) is 3.42 Å². The fraction of sp³-hybridized carbons (Fsp3) is 0.182. The van der Waals surface area contributed by atoms with Gasteiger partial charge in [0.15, 0.2) is 0 Å². The van der Waals surface area contributed by atoms with Crippen molar-refractivity contribution in [2.24, 2.45) is 0 Å². The van der Waals surface area contributed by atoms with Crippen LogP contribution in [0.5, 0.6) is 0 Å². The highest BCUT2D eigenvalue weighted by Gasteiger charge is 2.12. The average molecular weight is 318 g/mol. The third-order valence-corrected chi connectivity index (χ3v) is 3.07. The van der Waals surface area contributed by atoms with E-state index in [0.717, 1.165) is 10.4 Å².